The number of hydrogen-bond donors (Lipinski definition) is 0. The Morgan fingerprint density at radius 3 is 1.15 bits per heavy atom. The predicted molar refractivity (Wildman–Crippen MR) is 311 cm³/mol. The van der Waals surface area contributed by atoms with Crippen LogP contribution in [-0.2, 0) is 33.3 Å². The molecule has 9 nitrogen and oxygen atoms in total. The second-order valence-corrected chi connectivity index (χ2v) is 21.3. The van der Waals surface area contributed by atoms with Crippen LogP contribution in [0, 0.1) is 0 Å². The van der Waals surface area contributed by atoms with Gasteiger partial charge in [0.2, 0.25) is 0 Å². The van der Waals surface area contributed by atoms with Crippen LogP contribution in [0.15, 0.2) is 85.1 Å². The molecule has 0 aromatic heterocycles. The maximum atomic E-state index is 12.9. The van der Waals surface area contributed by atoms with Crippen molar-refractivity contribution in [3.8, 4) is 0 Å². The van der Waals surface area contributed by atoms with Gasteiger partial charge in [-0.2, -0.15) is 0 Å². The van der Waals surface area contributed by atoms with E-state index in [0.29, 0.717) is 17.4 Å². The molecule has 0 amide bonds. The molecule has 0 aromatic carbocycles. The van der Waals surface area contributed by atoms with E-state index in [4.69, 9.17) is 18.9 Å². The van der Waals surface area contributed by atoms with Gasteiger partial charge in [0.1, 0.15) is 13.2 Å². The van der Waals surface area contributed by atoms with Gasteiger partial charge in [0, 0.05) is 12.8 Å². The van der Waals surface area contributed by atoms with Gasteiger partial charge in [-0.1, -0.05) is 253 Å². The molecule has 0 aliphatic heterocycles. The third-order valence-electron chi connectivity index (χ3n) is 12.9. The summed E-state index contributed by atoms with van der Waals surface area (Å²) < 4.78 is 22.7. The van der Waals surface area contributed by atoms with E-state index in [1.54, 1.807) is 0 Å². The van der Waals surface area contributed by atoms with Crippen LogP contribution in [0.5, 0.6) is 0 Å². The summed E-state index contributed by atoms with van der Waals surface area (Å²) in [5.41, 5.74) is 0. The van der Waals surface area contributed by atoms with Gasteiger partial charge in [0.15, 0.2) is 12.4 Å². The summed E-state index contributed by atoms with van der Waals surface area (Å²) in [6, 6.07) is 0. The van der Waals surface area contributed by atoms with Crippen LogP contribution in [0.4, 0.5) is 0 Å². The van der Waals surface area contributed by atoms with Gasteiger partial charge in [-0.25, -0.2) is 0 Å². The van der Waals surface area contributed by atoms with E-state index < -0.39 is 24.3 Å². The molecule has 0 spiro atoms. The van der Waals surface area contributed by atoms with Crippen molar-refractivity contribution >= 4 is 17.9 Å². The molecule has 0 heterocycles. The van der Waals surface area contributed by atoms with Crippen LogP contribution >= 0.6 is 0 Å². The van der Waals surface area contributed by atoms with Gasteiger partial charge < -0.3 is 33.3 Å². The molecule has 0 bridgehead atoms. The number of nitrogens with zero attached hydrogens (tertiary/aromatic N) is 1. The molecule has 0 radical (unpaired) electrons. The molecule has 0 aliphatic rings. The Morgan fingerprint density at radius 2 is 0.770 bits per heavy atom. The smallest absolute Gasteiger partial charge is 0.306 e. The Balaban J connectivity index is 4.30. The highest BCUT2D eigenvalue weighted by Gasteiger charge is 2.22. The summed E-state index contributed by atoms with van der Waals surface area (Å²) in [6.45, 7) is 4.61. The van der Waals surface area contributed by atoms with Crippen molar-refractivity contribution < 1.29 is 42.9 Å². The molecule has 9 heteroatoms. The summed E-state index contributed by atoms with van der Waals surface area (Å²) in [5.74, 6) is -2.33. The Hall–Kier alpha value is -3.53. The Kier molecular flexibility index (Phi) is 53.0. The molecular formula is C65H113NO8. The lowest BCUT2D eigenvalue weighted by Gasteiger charge is -2.26. The van der Waals surface area contributed by atoms with Crippen molar-refractivity contribution in [2.75, 3.05) is 47.5 Å². The lowest BCUT2D eigenvalue weighted by atomic mass is 10.0. The lowest BCUT2D eigenvalue weighted by molar-refractivity contribution is -0.870. The van der Waals surface area contributed by atoms with Gasteiger partial charge >= 0.3 is 11.9 Å². The monoisotopic (exact) mass is 1040 g/mol. The first-order valence-corrected chi connectivity index (χ1v) is 30.2. The number of hydrogen-bond acceptors (Lipinski definition) is 8. The number of carbonyl (C=O) groups excluding carboxylic acids is 3. The fraction of sp³-hybridized carbons (Fsp3) is 0.738. The van der Waals surface area contributed by atoms with E-state index in [0.717, 1.165) is 83.5 Å². The van der Waals surface area contributed by atoms with Crippen molar-refractivity contribution in [3.63, 3.8) is 0 Å². The molecule has 0 aromatic rings. The van der Waals surface area contributed by atoms with Crippen molar-refractivity contribution in [1.29, 1.82) is 0 Å². The first kappa shape index (κ1) is 70.5. The minimum absolute atomic E-state index is 0.138. The Bertz CT molecular complexity index is 1490. The molecule has 0 aliphatic carbocycles. The van der Waals surface area contributed by atoms with E-state index in [1.807, 2.05) is 21.1 Å². The third kappa shape index (κ3) is 56.2. The Morgan fingerprint density at radius 1 is 0.419 bits per heavy atom. The molecule has 426 valence electrons. The van der Waals surface area contributed by atoms with Crippen LogP contribution < -0.4 is 5.11 Å². The summed E-state index contributed by atoms with van der Waals surface area (Å²) in [7, 11) is 5.91. The van der Waals surface area contributed by atoms with Gasteiger partial charge in [-0.15, -0.1) is 0 Å². The number of rotatable bonds is 55. The molecular weight excluding hydrogens is 923 g/mol. The van der Waals surface area contributed by atoms with Gasteiger partial charge in [0.05, 0.1) is 40.3 Å². The lowest BCUT2D eigenvalue weighted by Crippen LogP contribution is -2.44. The highest BCUT2D eigenvalue weighted by atomic mass is 16.7. The number of quaternary nitrogens is 1. The fourth-order valence-corrected chi connectivity index (χ4v) is 8.28. The predicted octanol–water partition coefficient (Wildman–Crippen LogP) is 16.6. The minimum Gasteiger partial charge on any atom is -0.545 e. The summed E-state index contributed by atoms with van der Waals surface area (Å²) in [4.78, 5) is 37.3. The maximum Gasteiger partial charge on any atom is 0.306 e. The number of carboxylic acid groups (broad SMARTS) is 1. The molecule has 0 fully saturated rings. The van der Waals surface area contributed by atoms with E-state index in [1.165, 1.54) is 135 Å². The number of allylic oxidation sites excluding steroid dienone is 14. The van der Waals surface area contributed by atoms with Gasteiger partial charge in [0.25, 0.3) is 0 Å². The highest BCUT2D eigenvalue weighted by molar-refractivity contribution is 5.70. The number of unbranched alkanes of at least 4 members (excludes halogenated alkanes) is 26. The normalized spacial score (nSPS) is 13.4. The van der Waals surface area contributed by atoms with Crippen LogP contribution in [-0.4, -0.2) is 82.3 Å². The van der Waals surface area contributed by atoms with Gasteiger partial charge in [-0.3, -0.25) is 9.59 Å². The zero-order valence-corrected chi connectivity index (χ0v) is 48.4. The molecule has 0 N–H and O–H groups in total. The second kappa shape index (κ2) is 55.7. The van der Waals surface area contributed by atoms with E-state index in [-0.39, 0.29) is 38.6 Å². The zero-order valence-electron chi connectivity index (χ0n) is 48.4. The first-order chi connectivity index (χ1) is 36.1. The zero-order chi connectivity index (χ0) is 54.1. The minimum atomic E-state index is -1.63. The van der Waals surface area contributed by atoms with Crippen LogP contribution in [0.3, 0.4) is 0 Å². The largest absolute Gasteiger partial charge is 0.545 e. The number of aliphatic carboxylic acids is 1. The summed E-state index contributed by atoms with van der Waals surface area (Å²) >= 11 is 0. The van der Waals surface area contributed by atoms with Crippen molar-refractivity contribution in [2.45, 2.75) is 264 Å². The standard InChI is InChI=1S/C65H113NO8/c1-6-8-10-12-14-16-18-20-22-24-26-28-30-32-34-36-38-40-42-44-46-48-50-52-54-56-63(68)74-61(60-73-65(64(69)70)71-58-57-66(3,4)5)59-72-62(67)55-53-51-49-47-45-43-41-39-37-35-33-31-29-27-25-23-21-19-17-15-13-11-9-7-2/h8,10,14,16,20,22,26,28,32,34,38,40,44,46,61,65H,6-7,9,11-13,15,17-19,21,23-25,27,29-31,33,35-37,39,41-43,45,47-60H2,1-5H3/b10-8-,16-14-,22-20-,28-26-,34-32-,40-38-,46-44-. The van der Waals surface area contributed by atoms with Gasteiger partial charge in [-0.05, 0) is 70.6 Å². The van der Waals surface area contributed by atoms with Crippen molar-refractivity contribution in [3.05, 3.63) is 85.1 Å². The quantitative estimate of drug-likeness (QED) is 0.0195. The molecule has 0 saturated heterocycles. The molecule has 2 unspecified atom stereocenters. The fourth-order valence-electron chi connectivity index (χ4n) is 8.28. The second-order valence-electron chi connectivity index (χ2n) is 21.3. The average molecular weight is 1040 g/mol. The van der Waals surface area contributed by atoms with Crippen molar-refractivity contribution in [1.82, 2.24) is 0 Å². The number of ether oxygens (including phenoxy) is 4. The van der Waals surface area contributed by atoms with Crippen LogP contribution in [0.25, 0.3) is 0 Å². The van der Waals surface area contributed by atoms with Crippen molar-refractivity contribution in [2.24, 2.45) is 0 Å². The average Bonchev–Trinajstić information content (AvgIpc) is 3.37. The summed E-state index contributed by atoms with van der Waals surface area (Å²) in [5, 5.41) is 11.8. The van der Waals surface area contributed by atoms with E-state index >= 15 is 0 Å². The van der Waals surface area contributed by atoms with E-state index in [2.05, 4.69) is 98.9 Å². The highest BCUT2D eigenvalue weighted by Crippen LogP contribution is 2.17. The molecule has 0 saturated carbocycles. The summed E-state index contributed by atoms with van der Waals surface area (Å²) in [6.07, 6.45) is 70.7. The molecule has 0 rings (SSSR count). The topological polar surface area (TPSA) is 111 Å². The maximum absolute atomic E-state index is 12.9. The van der Waals surface area contributed by atoms with E-state index in [9.17, 15) is 19.5 Å². The third-order valence-corrected chi connectivity index (χ3v) is 12.9. The van der Waals surface area contributed by atoms with Crippen LogP contribution in [0.2, 0.25) is 0 Å². The number of likely N-dealkylation sites (N-methyl/N-ethyl adjacent to an activating group) is 1. The number of carbonyl (C=O) groups is 3. The first-order valence-electron chi connectivity index (χ1n) is 30.2. The number of esters is 2. The Labute approximate surface area is 455 Å². The molecule has 2 atom stereocenters. The van der Waals surface area contributed by atoms with Crippen LogP contribution in [0.1, 0.15) is 251 Å². The molecule has 74 heavy (non-hydrogen) atoms. The number of carboxylic acids is 1. The SMILES string of the molecule is CC/C=C\C/C=C\C/C=C\C/C=C\C/C=C\C/C=C\C/C=C\CCCCCC(=O)OC(COC(=O)CCCCCCCCCCCCCCCCCCCCCCCCCC)COC(OCC[N+](C)(C)C)C(=O)[O-].